The Hall–Kier alpha value is -1.63. The molecule has 0 aliphatic rings. The van der Waals surface area contributed by atoms with Crippen molar-refractivity contribution in [1.82, 2.24) is 0 Å². The molecule has 0 aromatic heterocycles. The Balaban J connectivity index is 2.45. The fourth-order valence-corrected chi connectivity index (χ4v) is 3.37. The van der Waals surface area contributed by atoms with Gasteiger partial charge in [-0.05, 0) is 18.2 Å². The van der Waals surface area contributed by atoms with Crippen molar-refractivity contribution in [1.29, 1.82) is 0 Å². The lowest BCUT2D eigenvalue weighted by Crippen LogP contribution is -2.13. The third-order valence-electron chi connectivity index (χ3n) is 2.82. The normalized spacial score (nSPS) is 11.1. The molecule has 0 aliphatic heterocycles. The van der Waals surface area contributed by atoms with Gasteiger partial charge in [-0.3, -0.25) is 4.72 Å². The van der Waals surface area contributed by atoms with Gasteiger partial charge in [-0.2, -0.15) is 0 Å². The van der Waals surface area contributed by atoms with Gasteiger partial charge in [-0.25, -0.2) is 8.42 Å². The molecule has 0 unspecified atom stereocenters. The topological polar surface area (TPSA) is 64.6 Å². The highest BCUT2D eigenvalue weighted by molar-refractivity contribution is 7.92. The molecule has 0 saturated carbocycles. The lowest BCUT2D eigenvalue weighted by atomic mass is 10.3. The first kappa shape index (κ1) is 16.7. The standard InChI is InChI=1S/C14H13Cl2NO4S/c1-20-13-8-12(14(21-2)7-11(13)16)17-22(18,19)10-5-3-4-9(15)6-10/h3-8,17H,1-2H3. The fraction of sp³-hybridized carbons (Fsp3) is 0.143. The van der Waals surface area contributed by atoms with Crippen LogP contribution in [0.3, 0.4) is 0 Å². The van der Waals surface area contributed by atoms with Gasteiger partial charge in [0.1, 0.15) is 11.5 Å². The second-order valence-electron chi connectivity index (χ2n) is 4.25. The molecule has 0 atom stereocenters. The van der Waals surface area contributed by atoms with E-state index in [1.54, 1.807) is 12.1 Å². The quantitative estimate of drug-likeness (QED) is 0.879. The van der Waals surface area contributed by atoms with E-state index in [-0.39, 0.29) is 16.3 Å². The zero-order valence-electron chi connectivity index (χ0n) is 11.8. The second kappa shape index (κ2) is 6.64. The SMILES string of the molecule is COc1cc(NS(=O)(=O)c2cccc(Cl)c2)c(OC)cc1Cl. The van der Waals surface area contributed by atoms with E-state index in [0.29, 0.717) is 15.8 Å². The number of sulfonamides is 1. The Morgan fingerprint density at radius 3 is 2.27 bits per heavy atom. The van der Waals surface area contributed by atoms with E-state index >= 15 is 0 Å². The minimum Gasteiger partial charge on any atom is -0.495 e. The predicted octanol–water partition coefficient (Wildman–Crippen LogP) is 3.81. The van der Waals surface area contributed by atoms with Crippen LogP contribution in [0.5, 0.6) is 11.5 Å². The second-order valence-corrected chi connectivity index (χ2v) is 6.78. The van der Waals surface area contributed by atoms with E-state index in [9.17, 15) is 8.42 Å². The highest BCUT2D eigenvalue weighted by atomic mass is 35.5. The van der Waals surface area contributed by atoms with Crippen LogP contribution in [-0.2, 0) is 10.0 Å². The molecule has 2 rings (SSSR count). The lowest BCUT2D eigenvalue weighted by molar-refractivity contribution is 0.405. The van der Waals surface area contributed by atoms with Crippen molar-refractivity contribution in [3.05, 3.63) is 46.4 Å². The van der Waals surface area contributed by atoms with Gasteiger partial charge < -0.3 is 9.47 Å². The number of nitrogens with one attached hydrogen (secondary N) is 1. The van der Waals surface area contributed by atoms with Crippen LogP contribution in [0, 0.1) is 0 Å². The molecule has 8 heteroatoms. The average Bonchev–Trinajstić information content (AvgIpc) is 2.48. The molecule has 0 radical (unpaired) electrons. The smallest absolute Gasteiger partial charge is 0.262 e. The van der Waals surface area contributed by atoms with Crippen LogP contribution in [0.15, 0.2) is 41.3 Å². The van der Waals surface area contributed by atoms with Crippen molar-refractivity contribution in [2.24, 2.45) is 0 Å². The molecule has 2 aromatic rings. The molecule has 0 bridgehead atoms. The molecule has 2 aromatic carbocycles. The zero-order chi connectivity index (χ0) is 16.3. The molecule has 118 valence electrons. The van der Waals surface area contributed by atoms with Crippen molar-refractivity contribution in [2.45, 2.75) is 4.90 Å². The van der Waals surface area contributed by atoms with E-state index in [1.165, 1.54) is 38.5 Å². The summed E-state index contributed by atoms with van der Waals surface area (Å²) in [6.45, 7) is 0. The summed E-state index contributed by atoms with van der Waals surface area (Å²) in [6, 6.07) is 8.85. The maximum atomic E-state index is 12.4. The van der Waals surface area contributed by atoms with Gasteiger partial charge in [0.15, 0.2) is 0 Å². The van der Waals surface area contributed by atoms with Gasteiger partial charge in [0.2, 0.25) is 0 Å². The summed E-state index contributed by atoms with van der Waals surface area (Å²) in [4.78, 5) is 0.0379. The van der Waals surface area contributed by atoms with Crippen LogP contribution in [0.2, 0.25) is 10.0 Å². The number of hydrogen-bond acceptors (Lipinski definition) is 4. The van der Waals surface area contributed by atoms with Gasteiger partial charge in [0.25, 0.3) is 10.0 Å². The summed E-state index contributed by atoms with van der Waals surface area (Å²) < 4.78 is 37.5. The monoisotopic (exact) mass is 361 g/mol. The fourth-order valence-electron chi connectivity index (χ4n) is 1.78. The third-order valence-corrected chi connectivity index (χ3v) is 4.72. The van der Waals surface area contributed by atoms with Gasteiger partial charge in [-0.15, -0.1) is 0 Å². The van der Waals surface area contributed by atoms with Crippen LogP contribution in [-0.4, -0.2) is 22.6 Å². The molecule has 0 fully saturated rings. The van der Waals surface area contributed by atoms with Crippen LogP contribution in [0.4, 0.5) is 5.69 Å². The first-order valence-electron chi connectivity index (χ1n) is 6.07. The van der Waals surface area contributed by atoms with Crippen molar-refractivity contribution >= 4 is 38.9 Å². The minimum absolute atomic E-state index is 0.0379. The van der Waals surface area contributed by atoms with E-state index in [0.717, 1.165) is 0 Å². The van der Waals surface area contributed by atoms with Gasteiger partial charge >= 0.3 is 0 Å². The largest absolute Gasteiger partial charge is 0.495 e. The first-order chi connectivity index (χ1) is 10.4. The summed E-state index contributed by atoms with van der Waals surface area (Å²) >= 11 is 11.8. The minimum atomic E-state index is -3.82. The number of rotatable bonds is 5. The highest BCUT2D eigenvalue weighted by Gasteiger charge is 2.18. The predicted molar refractivity (Wildman–Crippen MR) is 86.8 cm³/mol. The third kappa shape index (κ3) is 3.58. The maximum Gasteiger partial charge on any atom is 0.262 e. The Kier molecular flexibility index (Phi) is 5.05. The Labute approximate surface area is 138 Å². The summed E-state index contributed by atoms with van der Waals surface area (Å²) in [5.41, 5.74) is 0.212. The molecule has 5 nitrogen and oxygen atoms in total. The number of hydrogen-bond donors (Lipinski definition) is 1. The zero-order valence-corrected chi connectivity index (χ0v) is 14.1. The van der Waals surface area contributed by atoms with Crippen molar-refractivity contribution < 1.29 is 17.9 Å². The first-order valence-corrected chi connectivity index (χ1v) is 8.31. The van der Waals surface area contributed by atoms with Crippen molar-refractivity contribution in [3.63, 3.8) is 0 Å². The molecule has 0 amide bonds. The van der Waals surface area contributed by atoms with Gasteiger partial charge in [0, 0.05) is 17.2 Å². The summed E-state index contributed by atoms with van der Waals surface area (Å²) in [5.74, 6) is 0.600. The van der Waals surface area contributed by atoms with E-state index in [1.807, 2.05) is 0 Å². The summed E-state index contributed by atoms with van der Waals surface area (Å²) in [7, 11) is -0.974. The molecule has 0 saturated heterocycles. The Morgan fingerprint density at radius 1 is 1.00 bits per heavy atom. The maximum absolute atomic E-state index is 12.4. The van der Waals surface area contributed by atoms with Gasteiger partial charge in [-0.1, -0.05) is 29.3 Å². The van der Waals surface area contributed by atoms with Gasteiger partial charge in [0.05, 0.1) is 29.8 Å². The Morgan fingerprint density at radius 2 is 1.68 bits per heavy atom. The summed E-state index contributed by atoms with van der Waals surface area (Å²) in [5, 5.41) is 0.633. The number of anilines is 1. The molecule has 0 heterocycles. The molecule has 1 N–H and O–H groups in total. The Bertz CT molecular complexity index is 793. The van der Waals surface area contributed by atoms with Crippen LogP contribution in [0.1, 0.15) is 0 Å². The number of ether oxygens (including phenoxy) is 2. The van der Waals surface area contributed by atoms with Crippen molar-refractivity contribution in [2.75, 3.05) is 18.9 Å². The van der Waals surface area contributed by atoms with Crippen molar-refractivity contribution in [3.8, 4) is 11.5 Å². The molecule has 0 spiro atoms. The number of halogens is 2. The lowest BCUT2D eigenvalue weighted by Gasteiger charge is -2.14. The highest BCUT2D eigenvalue weighted by Crippen LogP contribution is 2.37. The number of methoxy groups -OCH3 is 2. The van der Waals surface area contributed by atoms with Crippen LogP contribution < -0.4 is 14.2 Å². The summed E-state index contributed by atoms with van der Waals surface area (Å²) in [6.07, 6.45) is 0. The number of benzene rings is 2. The molecule has 22 heavy (non-hydrogen) atoms. The van der Waals surface area contributed by atoms with Crippen LogP contribution in [0.25, 0.3) is 0 Å². The van der Waals surface area contributed by atoms with E-state index in [4.69, 9.17) is 32.7 Å². The van der Waals surface area contributed by atoms with E-state index in [2.05, 4.69) is 4.72 Å². The van der Waals surface area contributed by atoms with E-state index < -0.39 is 10.0 Å². The van der Waals surface area contributed by atoms with Crippen LogP contribution >= 0.6 is 23.2 Å². The molecular weight excluding hydrogens is 349 g/mol. The molecule has 0 aliphatic carbocycles. The molecular formula is C14H13Cl2NO4S. The average molecular weight is 362 g/mol.